The van der Waals surface area contributed by atoms with Crippen molar-refractivity contribution < 1.29 is 9.53 Å². The average Bonchev–Trinajstić information content (AvgIpc) is 3.12. The van der Waals surface area contributed by atoms with Gasteiger partial charge in [-0.15, -0.1) is 0 Å². The van der Waals surface area contributed by atoms with Gasteiger partial charge in [-0.3, -0.25) is 0 Å². The minimum atomic E-state index is -0.210. The van der Waals surface area contributed by atoms with Gasteiger partial charge in [0.25, 0.3) is 0 Å². The SMILES string of the molecule is C=C(C)C(=O)OCC1(C)CC2CC1C1C3CCC(C3)C21. The van der Waals surface area contributed by atoms with Crippen LogP contribution in [-0.4, -0.2) is 12.6 Å². The molecule has 2 heteroatoms. The van der Waals surface area contributed by atoms with Crippen LogP contribution in [0.2, 0.25) is 0 Å². The molecule has 4 rings (SSSR count). The van der Waals surface area contributed by atoms with Crippen molar-refractivity contribution in [1.82, 2.24) is 0 Å². The first-order chi connectivity index (χ1) is 9.49. The lowest BCUT2D eigenvalue weighted by molar-refractivity contribution is -0.144. The molecule has 0 aromatic rings. The second kappa shape index (κ2) is 4.11. The zero-order valence-electron chi connectivity index (χ0n) is 12.7. The Morgan fingerprint density at radius 1 is 1.20 bits per heavy atom. The van der Waals surface area contributed by atoms with E-state index >= 15 is 0 Å². The topological polar surface area (TPSA) is 26.3 Å². The molecule has 0 heterocycles. The number of rotatable bonds is 3. The summed E-state index contributed by atoms with van der Waals surface area (Å²) >= 11 is 0. The van der Waals surface area contributed by atoms with Crippen molar-refractivity contribution >= 4 is 5.97 Å². The second-order valence-corrected chi connectivity index (χ2v) is 8.30. The van der Waals surface area contributed by atoms with E-state index in [1.54, 1.807) is 6.92 Å². The van der Waals surface area contributed by atoms with Crippen LogP contribution >= 0.6 is 0 Å². The van der Waals surface area contributed by atoms with Crippen LogP contribution in [0.3, 0.4) is 0 Å². The molecule has 4 fully saturated rings. The molecule has 110 valence electrons. The summed E-state index contributed by atoms with van der Waals surface area (Å²) in [6, 6.07) is 0. The van der Waals surface area contributed by atoms with E-state index < -0.39 is 0 Å². The van der Waals surface area contributed by atoms with Crippen molar-refractivity contribution in [1.29, 1.82) is 0 Å². The Bertz CT molecular complexity index is 468. The summed E-state index contributed by atoms with van der Waals surface area (Å²) in [7, 11) is 0. The Morgan fingerprint density at radius 2 is 1.90 bits per heavy atom. The number of ether oxygens (including phenoxy) is 1. The van der Waals surface area contributed by atoms with Gasteiger partial charge in [-0.1, -0.05) is 13.5 Å². The fourth-order valence-electron chi connectivity index (χ4n) is 6.56. The van der Waals surface area contributed by atoms with E-state index in [0.29, 0.717) is 12.2 Å². The van der Waals surface area contributed by atoms with E-state index in [4.69, 9.17) is 4.74 Å². The number of hydrogen-bond donors (Lipinski definition) is 0. The third kappa shape index (κ3) is 1.60. The molecule has 2 nitrogen and oxygen atoms in total. The molecular weight excluding hydrogens is 248 g/mol. The van der Waals surface area contributed by atoms with Gasteiger partial charge < -0.3 is 4.74 Å². The van der Waals surface area contributed by atoms with E-state index in [1.807, 2.05) is 0 Å². The zero-order valence-corrected chi connectivity index (χ0v) is 12.7. The molecular formula is C18H26O2. The van der Waals surface area contributed by atoms with Crippen molar-refractivity contribution in [3.8, 4) is 0 Å². The highest BCUT2D eigenvalue weighted by molar-refractivity contribution is 5.86. The highest BCUT2D eigenvalue weighted by Gasteiger charge is 2.65. The molecule has 0 aliphatic heterocycles. The van der Waals surface area contributed by atoms with Crippen molar-refractivity contribution in [2.45, 2.75) is 46.0 Å². The van der Waals surface area contributed by atoms with Crippen LogP contribution in [0.1, 0.15) is 46.0 Å². The molecule has 7 unspecified atom stereocenters. The van der Waals surface area contributed by atoms with Crippen LogP contribution in [0.25, 0.3) is 0 Å². The molecule has 0 aromatic heterocycles. The summed E-state index contributed by atoms with van der Waals surface area (Å²) in [5.41, 5.74) is 0.760. The van der Waals surface area contributed by atoms with Crippen LogP contribution in [-0.2, 0) is 9.53 Å². The van der Waals surface area contributed by atoms with Crippen LogP contribution in [0.15, 0.2) is 12.2 Å². The quantitative estimate of drug-likeness (QED) is 0.444. The number of carbonyl (C=O) groups is 1. The first-order valence-electron chi connectivity index (χ1n) is 8.32. The fraction of sp³-hybridized carbons (Fsp3) is 0.833. The lowest BCUT2D eigenvalue weighted by Gasteiger charge is -2.44. The fourth-order valence-corrected chi connectivity index (χ4v) is 6.56. The Morgan fingerprint density at radius 3 is 2.60 bits per heavy atom. The van der Waals surface area contributed by atoms with Gasteiger partial charge in [0.15, 0.2) is 0 Å². The average molecular weight is 274 g/mol. The van der Waals surface area contributed by atoms with Gasteiger partial charge in [-0.2, -0.15) is 0 Å². The predicted octanol–water partition coefficient (Wildman–Crippen LogP) is 3.81. The first kappa shape index (κ1) is 12.9. The summed E-state index contributed by atoms with van der Waals surface area (Å²) in [5.74, 6) is 5.56. The summed E-state index contributed by atoms with van der Waals surface area (Å²) in [5, 5.41) is 0. The van der Waals surface area contributed by atoms with E-state index in [9.17, 15) is 4.79 Å². The van der Waals surface area contributed by atoms with Gasteiger partial charge in [0.2, 0.25) is 0 Å². The molecule has 0 aromatic carbocycles. The highest BCUT2D eigenvalue weighted by Crippen LogP contribution is 2.71. The van der Waals surface area contributed by atoms with Crippen LogP contribution < -0.4 is 0 Å². The van der Waals surface area contributed by atoms with Gasteiger partial charge in [-0.05, 0) is 74.5 Å². The van der Waals surface area contributed by atoms with Crippen molar-refractivity contribution in [3.63, 3.8) is 0 Å². The van der Waals surface area contributed by atoms with Crippen LogP contribution in [0.5, 0.6) is 0 Å². The Hall–Kier alpha value is -0.790. The maximum atomic E-state index is 11.7. The Labute approximate surface area is 122 Å². The van der Waals surface area contributed by atoms with Gasteiger partial charge in [-0.25, -0.2) is 4.79 Å². The Balaban J connectivity index is 1.49. The largest absolute Gasteiger partial charge is 0.462 e. The molecule has 0 amide bonds. The maximum absolute atomic E-state index is 11.7. The van der Waals surface area contributed by atoms with Crippen molar-refractivity contribution in [2.75, 3.05) is 6.61 Å². The molecule has 4 aliphatic carbocycles. The smallest absolute Gasteiger partial charge is 0.333 e. The van der Waals surface area contributed by atoms with Crippen molar-refractivity contribution in [3.05, 3.63) is 12.2 Å². The first-order valence-corrected chi connectivity index (χ1v) is 8.32. The van der Waals surface area contributed by atoms with Crippen molar-refractivity contribution in [2.24, 2.45) is 40.9 Å². The molecule has 20 heavy (non-hydrogen) atoms. The van der Waals surface area contributed by atoms with Crippen LogP contribution in [0.4, 0.5) is 0 Å². The maximum Gasteiger partial charge on any atom is 0.333 e. The third-order valence-corrected chi connectivity index (χ3v) is 7.12. The lowest BCUT2D eigenvalue weighted by Crippen LogP contribution is -2.41. The standard InChI is InChI=1S/C18H26O2/c1-10(2)17(19)20-9-18(3)8-13-7-14(18)16-12-5-4-11(6-12)15(13)16/h11-16H,1,4-9H2,2-3H3. The molecule has 7 atom stereocenters. The minimum Gasteiger partial charge on any atom is -0.462 e. The van der Waals surface area contributed by atoms with Gasteiger partial charge in [0.1, 0.15) is 0 Å². The zero-order chi connectivity index (χ0) is 14.1. The monoisotopic (exact) mass is 274 g/mol. The van der Waals surface area contributed by atoms with Crippen LogP contribution in [0, 0.1) is 40.9 Å². The molecule has 4 aliphatic rings. The normalized spacial score (nSPS) is 51.3. The molecule has 4 saturated carbocycles. The minimum absolute atomic E-state index is 0.210. The molecule has 0 saturated heterocycles. The molecule has 0 spiro atoms. The van der Waals surface area contributed by atoms with E-state index in [-0.39, 0.29) is 11.4 Å². The summed E-state index contributed by atoms with van der Waals surface area (Å²) in [6.45, 7) is 8.39. The van der Waals surface area contributed by atoms with Gasteiger partial charge in [0.05, 0.1) is 6.61 Å². The third-order valence-electron chi connectivity index (χ3n) is 7.12. The highest BCUT2D eigenvalue weighted by atomic mass is 16.5. The number of esters is 1. The number of hydrogen-bond acceptors (Lipinski definition) is 2. The van der Waals surface area contributed by atoms with Gasteiger partial charge >= 0.3 is 5.97 Å². The number of fused-ring (bicyclic) bond motifs is 9. The van der Waals surface area contributed by atoms with E-state index in [0.717, 1.165) is 35.5 Å². The summed E-state index contributed by atoms with van der Waals surface area (Å²) < 4.78 is 5.53. The number of carbonyl (C=O) groups excluding carboxylic acids is 1. The lowest BCUT2D eigenvalue weighted by atomic mass is 9.62. The second-order valence-electron chi connectivity index (χ2n) is 8.30. The molecule has 4 bridgehead atoms. The summed E-state index contributed by atoms with van der Waals surface area (Å²) in [6.07, 6.45) is 7.16. The molecule has 0 radical (unpaired) electrons. The van der Waals surface area contributed by atoms with Gasteiger partial charge in [0, 0.05) is 11.0 Å². The Kier molecular flexibility index (Phi) is 2.66. The van der Waals surface area contributed by atoms with E-state index in [2.05, 4.69) is 13.5 Å². The van der Waals surface area contributed by atoms with E-state index in [1.165, 1.54) is 32.1 Å². The summed E-state index contributed by atoms with van der Waals surface area (Å²) in [4.78, 5) is 11.7. The predicted molar refractivity (Wildman–Crippen MR) is 77.9 cm³/mol. The molecule has 0 N–H and O–H groups in total.